The second-order valence-corrected chi connectivity index (χ2v) is 9.77. The molecule has 2 aromatic rings. The SMILES string of the molecule is N=Cc1cc(OC2CCC3(CC2)C(=O)N(CC(=O)N2CC[C@@H](CO)C2)c2ccccc23)cnc1N. The van der Waals surface area contributed by atoms with E-state index >= 15 is 0 Å². The standard InChI is InChI=1S/C26H31N5O4/c27-12-18-11-20(13-29-24(18)28)35-19-5-8-26(9-6-19)21-3-1-2-4-22(21)31(25(26)34)15-23(33)30-10-7-17(14-30)16-32/h1-4,11-13,17,19,27,32H,5-10,14-16H2,(H2,28,29)/t17-,19?,26?/m1/s1. The molecule has 184 valence electrons. The number of pyridine rings is 1. The summed E-state index contributed by atoms with van der Waals surface area (Å²) in [6, 6.07) is 9.51. The average molecular weight is 478 g/mol. The Labute approximate surface area is 204 Å². The van der Waals surface area contributed by atoms with E-state index in [9.17, 15) is 14.7 Å². The van der Waals surface area contributed by atoms with Gasteiger partial charge in [0.2, 0.25) is 11.8 Å². The molecule has 2 amide bonds. The maximum atomic E-state index is 13.8. The summed E-state index contributed by atoms with van der Waals surface area (Å²) in [6.07, 6.45) is 6.09. The lowest BCUT2D eigenvalue weighted by atomic mass is 9.69. The molecule has 0 bridgehead atoms. The molecule has 1 saturated carbocycles. The Morgan fingerprint density at radius 2 is 2.06 bits per heavy atom. The Morgan fingerprint density at radius 1 is 1.29 bits per heavy atom. The number of nitrogens with two attached hydrogens (primary N) is 1. The zero-order valence-corrected chi connectivity index (χ0v) is 19.7. The van der Waals surface area contributed by atoms with Gasteiger partial charge in [-0.25, -0.2) is 4.98 Å². The third-order valence-corrected chi connectivity index (χ3v) is 7.72. The van der Waals surface area contributed by atoms with Crippen LogP contribution in [0.3, 0.4) is 0 Å². The first kappa shape index (κ1) is 23.3. The van der Waals surface area contributed by atoms with Crippen LogP contribution in [-0.4, -0.2) is 65.4 Å². The lowest BCUT2D eigenvalue weighted by Crippen LogP contribution is -2.47. The fourth-order valence-electron chi connectivity index (χ4n) is 5.73. The number of amides is 2. The van der Waals surface area contributed by atoms with Crippen molar-refractivity contribution in [1.29, 1.82) is 5.41 Å². The smallest absolute Gasteiger partial charge is 0.242 e. The van der Waals surface area contributed by atoms with Crippen LogP contribution in [0, 0.1) is 11.3 Å². The summed E-state index contributed by atoms with van der Waals surface area (Å²) in [7, 11) is 0. The Hall–Kier alpha value is -3.46. The molecule has 1 atom stereocenters. The van der Waals surface area contributed by atoms with Gasteiger partial charge in [-0.05, 0) is 49.8 Å². The highest BCUT2D eigenvalue weighted by Crippen LogP contribution is 2.50. The number of nitrogens with one attached hydrogen (secondary N) is 1. The summed E-state index contributed by atoms with van der Waals surface area (Å²) in [4.78, 5) is 34.4. The van der Waals surface area contributed by atoms with Crippen LogP contribution in [0.4, 0.5) is 11.5 Å². The monoisotopic (exact) mass is 477 g/mol. The van der Waals surface area contributed by atoms with Gasteiger partial charge in [-0.3, -0.25) is 9.59 Å². The largest absolute Gasteiger partial charge is 0.489 e. The van der Waals surface area contributed by atoms with Crippen LogP contribution in [0.1, 0.15) is 43.2 Å². The summed E-state index contributed by atoms with van der Waals surface area (Å²) in [5, 5.41) is 16.9. The summed E-state index contributed by atoms with van der Waals surface area (Å²) in [5.74, 6) is 0.891. The molecule has 2 fully saturated rings. The number of hydrogen-bond acceptors (Lipinski definition) is 7. The fourth-order valence-corrected chi connectivity index (χ4v) is 5.73. The molecule has 4 N–H and O–H groups in total. The van der Waals surface area contributed by atoms with Gasteiger partial charge in [-0.1, -0.05) is 18.2 Å². The van der Waals surface area contributed by atoms with Crippen molar-refractivity contribution >= 4 is 29.5 Å². The molecule has 2 aliphatic heterocycles. The van der Waals surface area contributed by atoms with Crippen LogP contribution >= 0.6 is 0 Å². The first-order valence-corrected chi connectivity index (χ1v) is 12.2. The third kappa shape index (κ3) is 4.14. The predicted molar refractivity (Wildman–Crippen MR) is 132 cm³/mol. The lowest BCUT2D eigenvalue weighted by Gasteiger charge is -2.36. The number of fused-ring (bicyclic) bond motifs is 2. The average Bonchev–Trinajstić information content (AvgIpc) is 3.45. The number of anilines is 2. The highest BCUT2D eigenvalue weighted by molar-refractivity contribution is 6.10. The first-order valence-electron chi connectivity index (χ1n) is 12.2. The van der Waals surface area contributed by atoms with Crippen LogP contribution in [-0.2, 0) is 15.0 Å². The molecule has 1 spiro atoms. The van der Waals surface area contributed by atoms with E-state index in [0.717, 1.165) is 23.9 Å². The van der Waals surface area contributed by atoms with E-state index in [0.29, 0.717) is 55.9 Å². The van der Waals surface area contributed by atoms with Crippen LogP contribution in [0.5, 0.6) is 5.75 Å². The summed E-state index contributed by atoms with van der Waals surface area (Å²) < 4.78 is 6.13. The van der Waals surface area contributed by atoms with Crippen molar-refractivity contribution in [2.45, 2.75) is 43.6 Å². The van der Waals surface area contributed by atoms with Crippen LogP contribution < -0.4 is 15.4 Å². The molecule has 0 radical (unpaired) electrons. The minimum atomic E-state index is -0.644. The molecular formula is C26H31N5O4. The van der Waals surface area contributed by atoms with Gasteiger partial charge in [0.25, 0.3) is 0 Å². The molecule has 1 aromatic carbocycles. The molecule has 3 heterocycles. The van der Waals surface area contributed by atoms with Crippen molar-refractivity contribution in [3.63, 3.8) is 0 Å². The third-order valence-electron chi connectivity index (χ3n) is 7.72. The number of carbonyl (C=O) groups excluding carboxylic acids is 2. The van der Waals surface area contributed by atoms with Gasteiger partial charge in [-0.15, -0.1) is 0 Å². The van der Waals surface area contributed by atoms with Crippen LogP contribution in [0.2, 0.25) is 0 Å². The van der Waals surface area contributed by atoms with Gasteiger partial charge in [0.1, 0.15) is 18.1 Å². The lowest BCUT2D eigenvalue weighted by molar-refractivity contribution is -0.132. The second kappa shape index (κ2) is 9.30. The van der Waals surface area contributed by atoms with Gasteiger partial charge < -0.3 is 30.8 Å². The van der Waals surface area contributed by atoms with Crippen molar-refractivity contribution in [1.82, 2.24) is 9.88 Å². The molecule has 3 aliphatic rings. The molecule has 0 unspecified atom stereocenters. The molecule has 1 aliphatic carbocycles. The maximum absolute atomic E-state index is 13.8. The van der Waals surface area contributed by atoms with E-state index in [1.807, 2.05) is 24.3 Å². The highest BCUT2D eigenvalue weighted by Gasteiger charge is 2.52. The molecule has 35 heavy (non-hydrogen) atoms. The van der Waals surface area contributed by atoms with Crippen molar-refractivity contribution in [3.8, 4) is 5.75 Å². The second-order valence-electron chi connectivity index (χ2n) is 9.77. The molecular weight excluding hydrogens is 446 g/mol. The zero-order valence-electron chi connectivity index (χ0n) is 19.7. The van der Waals surface area contributed by atoms with E-state index in [4.69, 9.17) is 15.9 Å². The van der Waals surface area contributed by atoms with Gasteiger partial charge in [-0.2, -0.15) is 0 Å². The van der Waals surface area contributed by atoms with Gasteiger partial charge >= 0.3 is 0 Å². The van der Waals surface area contributed by atoms with E-state index < -0.39 is 5.41 Å². The van der Waals surface area contributed by atoms with Crippen molar-refractivity contribution in [2.75, 3.05) is 36.9 Å². The molecule has 9 nitrogen and oxygen atoms in total. The van der Waals surface area contributed by atoms with E-state index in [1.165, 1.54) is 0 Å². The first-order chi connectivity index (χ1) is 16.9. The van der Waals surface area contributed by atoms with Gasteiger partial charge in [0, 0.05) is 43.1 Å². The number of aliphatic hydroxyl groups is 1. The van der Waals surface area contributed by atoms with Gasteiger partial charge in [0.15, 0.2) is 0 Å². The van der Waals surface area contributed by atoms with Crippen LogP contribution in [0.25, 0.3) is 0 Å². The summed E-state index contributed by atoms with van der Waals surface area (Å²) in [5.41, 5.74) is 7.46. The van der Waals surface area contributed by atoms with Crippen molar-refractivity contribution in [2.24, 2.45) is 5.92 Å². The topological polar surface area (TPSA) is 133 Å². The van der Waals surface area contributed by atoms with E-state index in [1.54, 1.807) is 22.1 Å². The number of nitrogens with zero attached hydrogens (tertiary/aromatic N) is 3. The normalized spacial score (nSPS) is 25.7. The Balaban J connectivity index is 1.30. The number of nitrogen functional groups attached to an aromatic ring is 1. The number of aromatic nitrogens is 1. The molecule has 9 heteroatoms. The number of para-hydroxylation sites is 1. The summed E-state index contributed by atoms with van der Waals surface area (Å²) >= 11 is 0. The number of likely N-dealkylation sites (tertiary alicyclic amines) is 1. The highest BCUT2D eigenvalue weighted by atomic mass is 16.5. The zero-order chi connectivity index (χ0) is 24.6. The number of rotatable bonds is 6. The number of ether oxygens (including phenoxy) is 1. The minimum Gasteiger partial charge on any atom is -0.489 e. The maximum Gasteiger partial charge on any atom is 0.242 e. The van der Waals surface area contributed by atoms with Gasteiger partial charge in [0.05, 0.1) is 17.7 Å². The number of hydrogen-bond donors (Lipinski definition) is 3. The van der Waals surface area contributed by atoms with Crippen molar-refractivity contribution < 1.29 is 19.4 Å². The molecule has 1 aromatic heterocycles. The molecule has 5 rings (SSSR count). The van der Waals surface area contributed by atoms with E-state index in [-0.39, 0.29) is 37.0 Å². The number of benzene rings is 1. The van der Waals surface area contributed by atoms with Crippen molar-refractivity contribution in [3.05, 3.63) is 47.7 Å². The number of carbonyl (C=O) groups is 2. The predicted octanol–water partition coefficient (Wildman–Crippen LogP) is 2.11. The Kier molecular flexibility index (Phi) is 6.19. The Morgan fingerprint density at radius 3 is 2.77 bits per heavy atom. The summed E-state index contributed by atoms with van der Waals surface area (Å²) in [6.45, 7) is 1.27. The molecule has 1 saturated heterocycles. The van der Waals surface area contributed by atoms with E-state index in [2.05, 4.69) is 4.98 Å². The fraction of sp³-hybridized carbons (Fsp3) is 0.462. The van der Waals surface area contributed by atoms with Crippen LogP contribution in [0.15, 0.2) is 36.5 Å². The number of aliphatic hydroxyl groups excluding tert-OH is 1. The minimum absolute atomic E-state index is 0.0105. The quantitative estimate of drug-likeness (QED) is 0.546. The Bertz CT molecular complexity index is 1140.